The third-order valence-electron chi connectivity index (χ3n) is 2.49. The van der Waals surface area contributed by atoms with Crippen molar-refractivity contribution in [3.63, 3.8) is 0 Å². The Hall–Kier alpha value is -1.99. The third-order valence-corrected chi connectivity index (χ3v) is 3.36. The first-order valence-electron chi connectivity index (χ1n) is 5.69. The van der Waals surface area contributed by atoms with E-state index in [-0.39, 0.29) is 5.91 Å². The predicted molar refractivity (Wildman–Crippen MR) is 76.5 cm³/mol. The van der Waals surface area contributed by atoms with Gasteiger partial charge in [-0.25, -0.2) is 4.98 Å². The van der Waals surface area contributed by atoms with Crippen LogP contribution in [0.25, 0.3) is 0 Å². The molecule has 0 bridgehead atoms. The van der Waals surface area contributed by atoms with Gasteiger partial charge in [-0.3, -0.25) is 9.78 Å². The highest BCUT2D eigenvalue weighted by Crippen LogP contribution is 2.23. The lowest BCUT2D eigenvalue weighted by Gasteiger charge is -2.16. The van der Waals surface area contributed by atoms with Crippen molar-refractivity contribution >= 4 is 28.6 Å². The smallest absolute Gasteiger partial charge is 0.275 e. The van der Waals surface area contributed by atoms with Gasteiger partial charge in [-0.2, -0.15) is 0 Å². The fourth-order valence-electron chi connectivity index (χ4n) is 1.57. The Bertz CT molecular complexity index is 581. The van der Waals surface area contributed by atoms with Crippen molar-refractivity contribution in [3.8, 4) is 0 Å². The summed E-state index contributed by atoms with van der Waals surface area (Å²) in [4.78, 5) is 22.1. The molecule has 0 radical (unpaired) electrons. The molecule has 0 aliphatic carbocycles. The number of hydrogen-bond donors (Lipinski definition) is 2. The van der Waals surface area contributed by atoms with E-state index in [1.54, 1.807) is 17.8 Å². The molecule has 0 unspecified atom stereocenters. The van der Waals surface area contributed by atoms with Crippen LogP contribution in [0.15, 0.2) is 23.8 Å². The van der Waals surface area contributed by atoms with E-state index in [1.807, 2.05) is 25.1 Å². The van der Waals surface area contributed by atoms with Crippen LogP contribution < -0.4 is 16.0 Å². The summed E-state index contributed by atoms with van der Waals surface area (Å²) in [5, 5.41) is 5.24. The predicted octanol–water partition coefficient (Wildman–Crippen LogP) is 1.32. The van der Waals surface area contributed by atoms with Crippen LogP contribution in [0.1, 0.15) is 15.5 Å². The molecular weight excluding hydrogens is 262 g/mol. The van der Waals surface area contributed by atoms with Crippen molar-refractivity contribution in [2.75, 3.05) is 24.3 Å². The van der Waals surface area contributed by atoms with E-state index in [9.17, 15) is 4.79 Å². The average molecular weight is 277 g/mol. The summed E-state index contributed by atoms with van der Waals surface area (Å²) in [6.07, 6.45) is 3.30. The molecule has 0 aliphatic rings. The Morgan fingerprint density at radius 1 is 1.53 bits per heavy atom. The molecule has 0 saturated carbocycles. The zero-order chi connectivity index (χ0) is 13.8. The van der Waals surface area contributed by atoms with Crippen molar-refractivity contribution < 1.29 is 4.79 Å². The second-order valence-corrected chi connectivity index (χ2v) is 5.01. The molecule has 2 rings (SSSR count). The second-order valence-electron chi connectivity index (χ2n) is 4.07. The number of thiazole rings is 1. The van der Waals surface area contributed by atoms with E-state index in [0.29, 0.717) is 17.9 Å². The highest BCUT2D eigenvalue weighted by molar-refractivity contribution is 7.09. The Morgan fingerprint density at radius 2 is 2.32 bits per heavy atom. The molecule has 2 aromatic rings. The van der Waals surface area contributed by atoms with E-state index in [0.717, 1.165) is 10.7 Å². The number of nitrogens with zero attached hydrogens (tertiary/aromatic N) is 3. The molecular formula is C12H15N5OS. The van der Waals surface area contributed by atoms with Crippen LogP contribution in [0.5, 0.6) is 0 Å². The summed E-state index contributed by atoms with van der Waals surface area (Å²) in [7, 11) is 3.81. The van der Waals surface area contributed by atoms with Gasteiger partial charge in [0.05, 0.1) is 17.6 Å². The van der Waals surface area contributed by atoms with Crippen molar-refractivity contribution in [2.24, 2.45) is 5.73 Å². The minimum absolute atomic E-state index is 0.257. The average Bonchev–Trinajstić information content (AvgIpc) is 2.88. The maximum Gasteiger partial charge on any atom is 0.275 e. The van der Waals surface area contributed by atoms with Crippen molar-refractivity contribution in [3.05, 3.63) is 34.5 Å². The monoisotopic (exact) mass is 277 g/mol. The van der Waals surface area contributed by atoms with Gasteiger partial charge in [0.15, 0.2) is 0 Å². The molecule has 7 heteroatoms. The maximum atomic E-state index is 12.1. The Morgan fingerprint density at radius 3 is 2.95 bits per heavy atom. The molecule has 100 valence electrons. The topological polar surface area (TPSA) is 84.1 Å². The summed E-state index contributed by atoms with van der Waals surface area (Å²) >= 11 is 1.38. The third kappa shape index (κ3) is 3.07. The Balaban J connectivity index is 2.19. The number of carbonyl (C=O) groups excluding carboxylic acids is 1. The molecule has 0 atom stereocenters. The van der Waals surface area contributed by atoms with E-state index >= 15 is 0 Å². The summed E-state index contributed by atoms with van der Waals surface area (Å²) in [5.74, 6) is -0.257. The van der Waals surface area contributed by atoms with Crippen LogP contribution in [0.4, 0.5) is 11.4 Å². The molecule has 0 aliphatic heterocycles. The minimum atomic E-state index is -0.257. The highest BCUT2D eigenvalue weighted by Gasteiger charge is 2.13. The zero-order valence-electron chi connectivity index (χ0n) is 10.8. The van der Waals surface area contributed by atoms with Crippen molar-refractivity contribution in [1.29, 1.82) is 0 Å². The maximum absolute atomic E-state index is 12.1. The molecule has 6 nitrogen and oxygen atoms in total. The second kappa shape index (κ2) is 5.77. The van der Waals surface area contributed by atoms with Gasteiger partial charge in [0.2, 0.25) is 0 Å². The van der Waals surface area contributed by atoms with Gasteiger partial charge in [0, 0.05) is 32.2 Å². The molecule has 0 saturated heterocycles. The van der Waals surface area contributed by atoms with Gasteiger partial charge in [0.25, 0.3) is 5.91 Å². The Kier molecular flexibility index (Phi) is 4.08. The number of pyridine rings is 1. The minimum Gasteiger partial charge on any atom is -0.376 e. The van der Waals surface area contributed by atoms with E-state index in [1.165, 1.54) is 11.3 Å². The molecule has 0 aromatic carbocycles. The molecule has 0 spiro atoms. The highest BCUT2D eigenvalue weighted by atomic mass is 32.1. The number of hydrogen-bond acceptors (Lipinski definition) is 6. The number of amides is 1. The first kappa shape index (κ1) is 13.4. The van der Waals surface area contributed by atoms with Crippen LogP contribution in [0.3, 0.4) is 0 Å². The first-order chi connectivity index (χ1) is 9.11. The molecule has 19 heavy (non-hydrogen) atoms. The molecule has 1 amide bonds. The standard InChI is InChI=1S/C12H15N5OS/c1-17(2)10-3-4-14-6-8(10)16-12(18)9-7-19-11(5-13)15-9/h3-4,6-7H,5,13H2,1-2H3,(H,16,18). The quantitative estimate of drug-likeness (QED) is 0.880. The zero-order valence-corrected chi connectivity index (χ0v) is 11.6. The van der Waals surface area contributed by atoms with Gasteiger partial charge in [0.1, 0.15) is 10.7 Å². The molecule has 2 heterocycles. The van der Waals surface area contributed by atoms with Crippen LogP contribution in [0.2, 0.25) is 0 Å². The lowest BCUT2D eigenvalue weighted by Crippen LogP contribution is -2.17. The van der Waals surface area contributed by atoms with E-state index in [2.05, 4.69) is 15.3 Å². The fourth-order valence-corrected chi connectivity index (χ4v) is 2.22. The molecule has 2 aromatic heterocycles. The number of nitrogens with two attached hydrogens (primary N) is 1. The van der Waals surface area contributed by atoms with E-state index in [4.69, 9.17) is 5.73 Å². The summed E-state index contributed by atoms with van der Waals surface area (Å²) in [5.41, 5.74) is 7.39. The summed E-state index contributed by atoms with van der Waals surface area (Å²) in [6, 6.07) is 1.84. The van der Waals surface area contributed by atoms with Crippen LogP contribution in [-0.4, -0.2) is 30.0 Å². The lowest BCUT2D eigenvalue weighted by molar-refractivity contribution is 0.102. The summed E-state index contributed by atoms with van der Waals surface area (Å²) < 4.78 is 0. The fraction of sp³-hybridized carbons (Fsp3) is 0.250. The molecule has 3 N–H and O–H groups in total. The molecule has 0 fully saturated rings. The van der Waals surface area contributed by atoms with Crippen molar-refractivity contribution in [2.45, 2.75) is 6.54 Å². The number of anilines is 2. The number of nitrogens with one attached hydrogen (secondary N) is 1. The van der Waals surface area contributed by atoms with Crippen LogP contribution in [-0.2, 0) is 6.54 Å². The van der Waals surface area contributed by atoms with Gasteiger partial charge >= 0.3 is 0 Å². The van der Waals surface area contributed by atoms with Gasteiger partial charge in [-0.1, -0.05) is 0 Å². The van der Waals surface area contributed by atoms with Crippen LogP contribution in [0, 0.1) is 0 Å². The van der Waals surface area contributed by atoms with Gasteiger partial charge < -0.3 is 16.0 Å². The van der Waals surface area contributed by atoms with Gasteiger partial charge in [-0.05, 0) is 6.07 Å². The Labute approximate surface area is 115 Å². The normalized spacial score (nSPS) is 10.3. The van der Waals surface area contributed by atoms with Crippen LogP contribution >= 0.6 is 11.3 Å². The SMILES string of the molecule is CN(C)c1ccncc1NC(=O)c1csc(CN)n1. The number of aromatic nitrogens is 2. The first-order valence-corrected chi connectivity index (χ1v) is 6.57. The van der Waals surface area contributed by atoms with E-state index < -0.39 is 0 Å². The number of carbonyl (C=O) groups is 1. The number of rotatable bonds is 4. The van der Waals surface area contributed by atoms with Gasteiger partial charge in [-0.15, -0.1) is 11.3 Å². The van der Waals surface area contributed by atoms with Crippen molar-refractivity contribution in [1.82, 2.24) is 9.97 Å². The summed E-state index contributed by atoms with van der Waals surface area (Å²) in [6.45, 7) is 0.341. The lowest BCUT2D eigenvalue weighted by atomic mass is 10.3. The largest absolute Gasteiger partial charge is 0.376 e.